The highest BCUT2D eigenvalue weighted by Gasteiger charge is 2.29. The van der Waals surface area contributed by atoms with Gasteiger partial charge in [0.05, 0.1) is 26.4 Å². The molecule has 490 valence electrons. The maximum absolute atomic E-state index is 12.8. The highest BCUT2D eigenvalue weighted by molar-refractivity contribution is 7.47. The van der Waals surface area contributed by atoms with E-state index in [1.54, 1.807) is 0 Å². The summed E-state index contributed by atoms with van der Waals surface area (Å²) in [6.45, 7) is 2.45. The summed E-state index contributed by atoms with van der Waals surface area (Å²) in [5.41, 5.74) is 0. The van der Waals surface area contributed by atoms with Gasteiger partial charge in [-0.2, -0.15) is 0 Å². The van der Waals surface area contributed by atoms with Crippen LogP contribution in [0.3, 0.4) is 0 Å². The molecule has 0 saturated heterocycles. The second-order valence-electron chi connectivity index (χ2n) is 21.5. The first-order valence-corrected chi connectivity index (χ1v) is 35.5. The molecule has 0 aromatic rings. The lowest BCUT2D eigenvalue weighted by Crippen LogP contribution is -2.30. The molecule has 5 atom stereocenters. The molecule has 0 amide bonds. The first-order chi connectivity index (χ1) is 41.2. The zero-order chi connectivity index (χ0) is 62.4. The van der Waals surface area contributed by atoms with Gasteiger partial charge in [0.15, 0.2) is 6.10 Å². The number of aliphatic hydroxyl groups is 2. The van der Waals surface area contributed by atoms with Crippen molar-refractivity contribution in [2.24, 2.45) is 0 Å². The van der Waals surface area contributed by atoms with Crippen LogP contribution in [0.5, 0.6) is 0 Å². The molecule has 0 aromatic carbocycles. The molecule has 0 aliphatic carbocycles. The van der Waals surface area contributed by atoms with Gasteiger partial charge in [-0.1, -0.05) is 227 Å². The minimum atomic E-state index is -4.92. The number of hydrogen-bond donors (Lipinski definition) is 4. The van der Waals surface area contributed by atoms with Gasteiger partial charge >= 0.3 is 33.6 Å². The van der Waals surface area contributed by atoms with Crippen LogP contribution in [0.15, 0.2) is 97.2 Å². The van der Waals surface area contributed by atoms with Crippen molar-refractivity contribution in [3.05, 3.63) is 97.2 Å². The summed E-state index contributed by atoms with van der Waals surface area (Å²) in [6, 6.07) is 0. The Labute approximate surface area is 514 Å². The topological polar surface area (TPSA) is 231 Å². The number of carbonyl (C=O) groups excluding carboxylic acids is 3. The van der Waals surface area contributed by atoms with Gasteiger partial charge < -0.3 is 34.2 Å². The maximum atomic E-state index is 12.8. The van der Waals surface area contributed by atoms with Crippen molar-refractivity contribution in [2.45, 2.75) is 270 Å². The number of allylic oxidation sites excluding steroid dienone is 16. The normalized spacial score (nSPS) is 15.0. The molecule has 0 bridgehead atoms. The van der Waals surface area contributed by atoms with E-state index < -0.39 is 91.5 Å². The third-order valence-electron chi connectivity index (χ3n) is 13.3. The number of ether oxygens (including phenoxy) is 3. The molecule has 16 nitrogen and oxygen atoms in total. The summed E-state index contributed by atoms with van der Waals surface area (Å²) in [5.74, 6) is -1.62. The monoisotopic (exact) mass is 1240 g/mol. The van der Waals surface area contributed by atoms with Gasteiger partial charge in [0, 0.05) is 19.3 Å². The summed E-state index contributed by atoms with van der Waals surface area (Å²) in [4.78, 5) is 58.2. The largest absolute Gasteiger partial charge is 0.472 e. The lowest BCUT2D eigenvalue weighted by atomic mass is 10.1. The van der Waals surface area contributed by atoms with Crippen LogP contribution in [-0.4, -0.2) is 95.9 Å². The quantitative estimate of drug-likeness (QED) is 0.0146. The van der Waals surface area contributed by atoms with Gasteiger partial charge in [0.2, 0.25) is 0 Å². The second-order valence-corrected chi connectivity index (χ2v) is 24.4. The van der Waals surface area contributed by atoms with Crippen molar-refractivity contribution in [2.75, 3.05) is 39.6 Å². The van der Waals surface area contributed by atoms with E-state index in [0.29, 0.717) is 19.3 Å². The summed E-state index contributed by atoms with van der Waals surface area (Å²) in [6.07, 6.45) is 64.7. The second kappa shape index (κ2) is 60.7. The predicted octanol–water partition coefficient (Wildman–Crippen LogP) is 17.5. The van der Waals surface area contributed by atoms with Crippen LogP contribution in [0.25, 0.3) is 0 Å². The number of phosphoric ester groups is 2. The van der Waals surface area contributed by atoms with Crippen LogP contribution in [0.4, 0.5) is 0 Å². The summed E-state index contributed by atoms with van der Waals surface area (Å²) in [7, 11) is -9.78. The molecular formula is C67H116O16P2. The summed E-state index contributed by atoms with van der Waals surface area (Å²) < 4.78 is 60.7. The van der Waals surface area contributed by atoms with E-state index in [9.17, 15) is 43.5 Å². The molecule has 0 radical (unpaired) electrons. The molecule has 4 N–H and O–H groups in total. The van der Waals surface area contributed by atoms with Crippen molar-refractivity contribution in [1.82, 2.24) is 0 Å². The van der Waals surface area contributed by atoms with E-state index in [2.05, 4.69) is 118 Å². The van der Waals surface area contributed by atoms with Crippen molar-refractivity contribution in [1.29, 1.82) is 0 Å². The van der Waals surface area contributed by atoms with Crippen LogP contribution < -0.4 is 0 Å². The molecule has 0 fully saturated rings. The minimum absolute atomic E-state index is 0.0995. The molecule has 0 heterocycles. The molecular weight excluding hydrogens is 1120 g/mol. The van der Waals surface area contributed by atoms with Crippen molar-refractivity contribution in [3.63, 3.8) is 0 Å². The Morgan fingerprint density at radius 3 is 1.01 bits per heavy atom. The molecule has 0 aromatic heterocycles. The van der Waals surface area contributed by atoms with Gasteiger partial charge in [-0.05, 0) is 103 Å². The fourth-order valence-electron chi connectivity index (χ4n) is 8.31. The zero-order valence-corrected chi connectivity index (χ0v) is 54.5. The maximum Gasteiger partial charge on any atom is 0.472 e. The zero-order valence-electron chi connectivity index (χ0n) is 52.8. The van der Waals surface area contributed by atoms with Crippen LogP contribution in [0, 0.1) is 0 Å². The number of hydrogen-bond acceptors (Lipinski definition) is 14. The highest BCUT2D eigenvalue weighted by atomic mass is 31.2. The first-order valence-electron chi connectivity index (χ1n) is 32.5. The van der Waals surface area contributed by atoms with Crippen LogP contribution in [0.1, 0.15) is 252 Å². The number of aliphatic hydroxyl groups excluding tert-OH is 2. The molecule has 0 spiro atoms. The van der Waals surface area contributed by atoms with E-state index in [-0.39, 0.29) is 19.3 Å². The highest BCUT2D eigenvalue weighted by Crippen LogP contribution is 2.45. The van der Waals surface area contributed by atoms with Crippen LogP contribution >= 0.6 is 15.6 Å². The summed E-state index contributed by atoms with van der Waals surface area (Å²) >= 11 is 0. The first kappa shape index (κ1) is 81.5. The van der Waals surface area contributed by atoms with E-state index in [1.807, 2.05) is 0 Å². The lowest BCUT2D eigenvalue weighted by Gasteiger charge is -2.21. The Hall–Kier alpha value is -3.53. The predicted molar refractivity (Wildman–Crippen MR) is 344 cm³/mol. The van der Waals surface area contributed by atoms with Crippen molar-refractivity contribution >= 4 is 33.6 Å². The van der Waals surface area contributed by atoms with E-state index >= 15 is 0 Å². The molecule has 18 heteroatoms. The van der Waals surface area contributed by atoms with Gasteiger partial charge in [-0.25, -0.2) is 9.13 Å². The van der Waals surface area contributed by atoms with Gasteiger partial charge in [-0.3, -0.25) is 32.5 Å². The molecule has 85 heavy (non-hydrogen) atoms. The van der Waals surface area contributed by atoms with Crippen LogP contribution in [-0.2, 0) is 55.8 Å². The van der Waals surface area contributed by atoms with E-state index in [4.69, 9.17) is 32.3 Å². The van der Waals surface area contributed by atoms with E-state index in [0.717, 1.165) is 128 Å². The fourth-order valence-corrected chi connectivity index (χ4v) is 9.89. The fraction of sp³-hybridized carbons (Fsp3) is 0.716. The van der Waals surface area contributed by atoms with Gasteiger partial charge in [-0.15, -0.1) is 0 Å². The number of esters is 3. The summed E-state index contributed by atoms with van der Waals surface area (Å²) in [5, 5.41) is 20.5. The molecule has 5 unspecified atom stereocenters. The Kier molecular flexibility index (Phi) is 58.2. The Bertz CT molecular complexity index is 1940. The average molecular weight is 1240 g/mol. The number of phosphoric acid groups is 2. The Balaban J connectivity index is 4.62. The van der Waals surface area contributed by atoms with Crippen molar-refractivity contribution < 1.29 is 75.8 Å². The molecule has 0 saturated carbocycles. The Morgan fingerprint density at radius 2 is 0.624 bits per heavy atom. The van der Waals surface area contributed by atoms with Crippen LogP contribution in [0.2, 0.25) is 0 Å². The Morgan fingerprint density at radius 1 is 0.341 bits per heavy atom. The number of rotatable bonds is 61. The molecule has 0 aliphatic rings. The SMILES string of the molecule is CC/C=C\C/C=C\C/C=C\C/C=C\CCCCCCC(=O)OCC(COP(=O)(O)OCC(O)COP(=O)(O)OCC(O)COC(=O)CCCCCCC/C=C\C/C=C\C/C=C\C/C=C\CCCCC)OC(=O)CCCCCCCCCCCCC. The minimum Gasteiger partial charge on any atom is -0.463 e. The molecule has 0 rings (SSSR count). The smallest absolute Gasteiger partial charge is 0.463 e. The van der Waals surface area contributed by atoms with Gasteiger partial charge in [0.25, 0.3) is 0 Å². The molecule has 0 aliphatic heterocycles. The van der Waals surface area contributed by atoms with Gasteiger partial charge in [0.1, 0.15) is 25.4 Å². The third kappa shape index (κ3) is 61.9. The number of unbranched alkanes of at least 4 members (excludes halogenated alkanes) is 22. The third-order valence-corrected chi connectivity index (χ3v) is 15.2. The lowest BCUT2D eigenvalue weighted by molar-refractivity contribution is -0.161. The standard InChI is InChI=1S/C67H116O16P2/c1-4-7-10-13-16-19-22-24-26-28-29-30-31-33-35-36-39-41-44-47-50-53-65(70)77-56-62(68)57-79-84(73,74)80-58-63(69)59-81-85(75,76)82-61-64(83-67(72)55-52-49-46-43-38-21-18-15-12-9-6-3)60-78-66(71)54-51-48-45-42-40-37-34-32-27-25-23-20-17-14-11-8-5-2/h8,11,16-17,19-20,24-27,29-30,33-35,37,62-64,68-69H,4-7,9-10,12-15,18,21-23,28,31-32,36,38-61H2,1-3H3,(H,73,74)(H,75,76)/b11-8-,19-16-,20-17-,26-24-,27-25-,30-29-,35-33-,37-34-. The van der Waals surface area contributed by atoms with E-state index in [1.165, 1.54) is 64.2 Å². The average Bonchev–Trinajstić information content (AvgIpc) is 3.60. The van der Waals surface area contributed by atoms with Crippen molar-refractivity contribution in [3.8, 4) is 0 Å². The number of carbonyl (C=O) groups is 3.